The van der Waals surface area contributed by atoms with E-state index in [9.17, 15) is 0 Å². The highest BCUT2D eigenvalue weighted by Gasteiger charge is 2.39. The molecule has 0 spiro atoms. The number of hydrogen-bond donors (Lipinski definition) is 1. The summed E-state index contributed by atoms with van der Waals surface area (Å²) in [5, 5.41) is 3.84. The molecule has 2 rings (SSSR count). The Bertz CT molecular complexity index is 248. The van der Waals surface area contributed by atoms with Crippen LogP contribution in [0, 0.1) is 17.3 Å². The van der Waals surface area contributed by atoms with E-state index in [4.69, 9.17) is 0 Å². The Balaban J connectivity index is 1.84. The quantitative estimate of drug-likeness (QED) is 0.640. The van der Waals surface area contributed by atoms with Gasteiger partial charge in [-0.3, -0.25) is 0 Å². The standard InChI is InChI=1S/C18H35N/c1-4-6-7-16-10-12-18(13-11-16,15(3)5-2)14-19-17-8-9-17/h15-17,19H,4-14H2,1-3H3. The molecule has 2 aliphatic carbocycles. The Morgan fingerprint density at radius 1 is 1.11 bits per heavy atom. The summed E-state index contributed by atoms with van der Waals surface area (Å²) < 4.78 is 0. The second-order valence-corrected chi connectivity index (χ2v) is 7.41. The molecule has 0 aliphatic heterocycles. The summed E-state index contributed by atoms with van der Waals surface area (Å²) in [6, 6.07) is 0.874. The first kappa shape index (κ1) is 15.4. The van der Waals surface area contributed by atoms with Gasteiger partial charge in [-0.1, -0.05) is 46.5 Å². The molecule has 1 unspecified atom stereocenters. The summed E-state index contributed by atoms with van der Waals surface area (Å²) in [6.45, 7) is 8.51. The second-order valence-electron chi connectivity index (χ2n) is 7.41. The van der Waals surface area contributed by atoms with Gasteiger partial charge in [0.2, 0.25) is 0 Å². The van der Waals surface area contributed by atoms with E-state index in [1.807, 2.05) is 0 Å². The third-order valence-electron chi connectivity index (χ3n) is 6.04. The van der Waals surface area contributed by atoms with E-state index in [0.717, 1.165) is 17.9 Å². The molecule has 2 aliphatic rings. The van der Waals surface area contributed by atoms with Gasteiger partial charge in [-0.25, -0.2) is 0 Å². The molecule has 1 N–H and O–H groups in total. The minimum Gasteiger partial charge on any atom is -0.313 e. The molecule has 1 nitrogen and oxygen atoms in total. The van der Waals surface area contributed by atoms with Crippen molar-refractivity contribution in [3.8, 4) is 0 Å². The molecule has 0 bridgehead atoms. The fraction of sp³-hybridized carbons (Fsp3) is 1.00. The fourth-order valence-corrected chi connectivity index (χ4v) is 3.95. The Kier molecular flexibility index (Phi) is 5.74. The molecule has 0 aromatic heterocycles. The van der Waals surface area contributed by atoms with Crippen molar-refractivity contribution in [1.82, 2.24) is 5.32 Å². The van der Waals surface area contributed by atoms with Crippen LogP contribution in [0.15, 0.2) is 0 Å². The summed E-state index contributed by atoms with van der Waals surface area (Å²) in [5.74, 6) is 1.93. The van der Waals surface area contributed by atoms with Gasteiger partial charge in [0, 0.05) is 12.6 Å². The molecule has 0 aromatic rings. The van der Waals surface area contributed by atoms with Crippen molar-refractivity contribution in [3.05, 3.63) is 0 Å². The van der Waals surface area contributed by atoms with Crippen molar-refractivity contribution in [1.29, 1.82) is 0 Å². The van der Waals surface area contributed by atoms with Crippen LogP contribution in [0.25, 0.3) is 0 Å². The highest BCUT2D eigenvalue weighted by Crippen LogP contribution is 2.46. The highest BCUT2D eigenvalue weighted by atomic mass is 15.0. The van der Waals surface area contributed by atoms with Gasteiger partial charge in [-0.2, -0.15) is 0 Å². The van der Waals surface area contributed by atoms with Crippen LogP contribution >= 0.6 is 0 Å². The molecule has 0 aromatic carbocycles. The van der Waals surface area contributed by atoms with E-state index in [0.29, 0.717) is 5.41 Å². The first-order chi connectivity index (χ1) is 9.20. The van der Waals surface area contributed by atoms with Gasteiger partial charge in [0.25, 0.3) is 0 Å². The van der Waals surface area contributed by atoms with E-state index in [1.165, 1.54) is 70.8 Å². The molecule has 2 fully saturated rings. The summed E-state index contributed by atoms with van der Waals surface area (Å²) in [4.78, 5) is 0. The molecule has 0 radical (unpaired) electrons. The normalized spacial score (nSPS) is 33.3. The molecular weight excluding hydrogens is 230 g/mol. The summed E-state index contributed by atoms with van der Waals surface area (Å²) >= 11 is 0. The van der Waals surface area contributed by atoms with Crippen LogP contribution in [0.1, 0.15) is 85.0 Å². The number of nitrogens with one attached hydrogen (secondary N) is 1. The zero-order valence-electron chi connectivity index (χ0n) is 13.5. The van der Waals surface area contributed by atoms with Crippen LogP contribution in [0.5, 0.6) is 0 Å². The first-order valence-electron chi connectivity index (χ1n) is 8.93. The second kappa shape index (κ2) is 7.11. The van der Waals surface area contributed by atoms with Gasteiger partial charge >= 0.3 is 0 Å². The maximum atomic E-state index is 3.84. The largest absolute Gasteiger partial charge is 0.313 e. The molecule has 1 atom stereocenters. The molecule has 19 heavy (non-hydrogen) atoms. The average molecular weight is 265 g/mol. The lowest BCUT2D eigenvalue weighted by atomic mass is 9.62. The van der Waals surface area contributed by atoms with Crippen molar-refractivity contribution in [3.63, 3.8) is 0 Å². The molecule has 0 amide bonds. The van der Waals surface area contributed by atoms with Gasteiger partial charge in [-0.15, -0.1) is 0 Å². The third kappa shape index (κ3) is 4.21. The summed E-state index contributed by atoms with van der Waals surface area (Å²) in [7, 11) is 0. The topological polar surface area (TPSA) is 12.0 Å². The highest BCUT2D eigenvalue weighted by molar-refractivity contribution is 4.93. The molecular formula is C18H35N. The summed E-state index contributed by atoms with van der Waals surface area (Å²) in [6.07, 6.45) is 14.5. The third-order valence-corrected chi connectivity index (χ3v) is 6.04. The van der Waals surface area contributed by atoms with Crippen molar-refractivity contribution in [2.75, 3.05) is 6.54 Å². The molecule has 1 heteroatoms. The van der Waals surface area contributed by atoms with E-state index in [-0.39, 0.29) is 0 Å². The van der Waals surface area contributed by atoms with Crippen LogP contribution < -0.4 is 5.32 Å². The SMILES string of the molecule is CCCCC1CCC(CNC2CC2)(C(C)CC)CC1. The van der Waals surface area contributed by atoms with Gasteiger partial charge in [0.1, 0.15) is 0 Å². The smallest absolute Gasteiger partial charge is 0.00684 e. The van der Waals surface area contributed by atoms with Gasteiger partial charge in [0.15, 0.2) is 0 Å². The zero-order valence-corrected chi connectivity index (χ0v) is 13.5. The van der Waals surface area contributed by atoms with E-state index >= 15 is 0 Å². The Morgan fingerprint density at radius 2 is 1.79 bits per heavy atom. The van der Waals surface area contributed by atoms with Crippen molar-refractivity contribution < 1.29 is 0 Å². The monoisotopic (exact) mass is 265 g/mol. The maximum absolute atomic E-state index is 3.84. The number of unbranched alkanes of at least 4 members (excludes halogenated alkanes) is 1. The zero-order chi connectivity index (χ0) is 13.7. The predicted octanol–water partition coefficient (Wildman–Crippen LogP) is 5.15. The maximum Gasteiger partial charge on any atom is 0.00684 e. The van der Waals surface area contributed by atoms with E-state index in [2.05, 4.69) is 26.1 Å². The van der Waals surface area contributed by atoms with Crippen molar-refractivity contribution in [2.24, 2.45) is 17.3 Å². The van der Waals surface area contributed by atoms with Crippen molar-refractivity contribution >= 4 is 0 Å². The van der Waals surface area contributed by atoms with Gasteiger partial charge in [-0.05, 0) is 55.8 Å². The van der Waals surface area contributed by atoms with Crippen LogP contribution in [-0.4, -0.2) is 12.6 Å². The summed E-state index contributed by atoms with van der Waals surface area (Å²) in [5.41, 5.74) is 0.625. The molecule has 0 saturated heterocycles. The molecule has 112 valence electrons. The van der Waals surface area contributed by atoms with Gasteiger partial charge in [0.05, 0.1) is 0 Å². The Hall–Kier alpha value is -0.0400. The number of rotatable bonds is 8. The Labute approximate surface area is 120 Å². The molecule has 2 saturated carbocycles. The van der Waals surface area contributed by atoms with Crippen LogP contribution in [-0.2, 0) is 0 Å². The average Bonchev–Trinajstić information content (AvgIpc) is 3.27. The lowest BCUT2D eigenvalue weighted by Crippen LogP contribution is -2.43. The van der Waals surface area contributed by atoms with Crippen LogP contribution in [0.3, 0.4) is 0 Å². The van der Waals surface area contributed by atoms with E-state index < -0.39 is 0 Å². The predicted molar refractivity (Wildman–Crippen MR) is 84.4 cm³/mol. The lowest BCUT2D eigenvalue weighted by molar-refractivity contribution is 0.0743. The van der Waals surface area contributed by atoms with E-state index in [1.54, 1.807) is 0 Å². The minimum absolute atomic E-state index is 0.625. The minimum atomic E-state index is 0.625. The molecule has 0 heterocycles. The number of hydrogen-bond acceptors (Lipinski definition) is 1. The lowest BCUT2D eigenvalue weighted by Gasteiger charge is -2.45. The van der Waals surface area contributed by atoms with Gasteiger partial charge < -0.3 is 5.32 Å². The first-order valence-corrected chi connectivity index (χ1v) is 8.93. The van der Waals surface area contributed by atoms with Crippen molar-refractivity contribution in [2.45, 2.75) is 91.0 Å². The Morgan fingerprint density at radius 3 is 2.32 bits per heavy atom. The van der Waals surface area contributed by atoms with Crippen LogP contribution in [0.2, 0.25) is 0 Å². The fourth-order valence-electron chi connectivity index (χ4n) is 3.95. The van der Waals surface area contributed by atoms with Crippen LogP contribution in [0.4, 0.5) is 0 Å².